The van der Waals surface area contributed by atoms with Crippen molar-refractivity contribution in [3.8, 4) is 5.75 Å². The minimum atomic E-state index is -1.62. The van der Waals surface area contributed by atoms with Crippen LogP contribution in [0.25, 0.3) is 0 Å². The van der Waals surface area contributed by atoms with Gasteiger partial charge in [0.05, 0.1) is 6.61 Å². The molecule has 0 saturated carbocycles. The number of carbonyl (C=O) groups excluding carboxylic acids is 2. The molecule has 5 heteroatoms. The Morgan fingerprint density at radius 1 is 1.24 bits per heavy atom. The van der Waals surface area contributed by atoms with Gasteiger partial charge in [-0.15, -0.1) is 0 Å². The molecule has 2 aromatic rings. The van der Waals surface area contributed by atoms with Gasteiger partial charge in [0, 0.05) is 16.5 Å². The van der Waals surface area contributed by atoms with Gasteiger partial charge in [0.2, 0.25) is 5.78 Å². The van der Waals surface area contributed by atoms with Crippen LogP contribution in [0.4, 0.5) is 0 Å². The number of carbonyl (C=O) groups is 2. The molecule has 1 aliphatic carbocycles. The summed E-state index contributed by atoms with van der Waals surface area (Å²) in [6.45, 7) is 1.92. The van der Waals surface area contributed by atoms with E-state index < -0.39 is 11.6 Å². The lowest BCUT2D eigenvalue weighted by Gasteiger charge is -2.44. The molecular formula is C20H17ClO4. The Morgan fingerprint density at radius 3 is 2.80 bits per heavy atom. The van der Waals surface area contributed by atoms with Gasteiger partial charge in [-0.25, -0.2) is 4.79 Å². The fraction of sp³-hybridized carbons (Fsp3) is 0.300. The first-order valence-corrected chi connectivity index (χ1v) is 8.71. The number of ketones is 1. The third kappa shape index (κ3) is 2.35. The van der Waals surface area contributed by atoms with Gasteiger partial charge >= 0.3 is 5.97 Å². The Kier molecular flexibility index (Phi) is 3.80. The van der Waals surface area contributed by atoms with Crippen LogP contribution in [0.2, 0.25) is 5.02 Å². The zero-order valence-electron chi connectivity index (χ0n) is 13.8. The van der Waals surface area contributed by atoms with Crippen LogP contribution in [0.5, 0.6) is 5.75 Å². The smallest absolute Gasteiger partial charge is 0.359 e. The Balaban J connectivity index is 1.88. The maximum absolute atomic E-state index is 13.3. The molecule has 1 heterocycles. The number of hydrogen-bond acceptors (Lipinski definition) is 4. The normalized spacial score (nSPS) is 23.8. The highest BCUT2D eigenvalue weighted by Gasteiger charge is 2.60. The van der Waals surface area contributed by atoms with Crippen molar-refractivity contribution in [3.05, 3.63) is 64.2 Å². The number of fused-ring (bicyclic) bond motifs is 3. The topological polar surface area (TPSA) is 52.6 Å². The zero-order chi connectivity index (χ0) is 17.6. The van der Waals surface area contributed by atoms with E-state index in [0.29, 0.717) is 29.2 Å². The Labute approximate surface area is 150 Å². The maximum atomic E-state index is 13.3. The molecule has 0 amide bonds. The van der Waals surface area contributed by atoms with Crippen LogP contribution < -0.4 is 4.74 Å². The highest BCUT2D eigenvalue weighted by molar-refractivity contribution is 6.30. The van der Waals surface area contributed by atoms with E-state index in [-0.39, 0.29) is 18.3 Å². The minimum absolute atomic E-state index is 0.194. The molecule has 2 atom stereocenters. The number of esters is 1. The molecule has 0 aromatic heterocycles. The average molecular weight is 357 g/mol. The van der Waals surface area contributed by atoms with E-state index in [1.165, 1.54) is 0 Å². The minimum Gasteiger partial charge on any atom is -0.467 e. The molecule has 0 N–H and O–H groups in total. The lowest BCUT2D eigenvalue weighted by molar-refractivity contribution is -0.163. The van der Waals surface area contributed by atoms with Crippen LogP contribution in [0.3, 0.4) is 0 Å². The first-order valence-electron chi connectivity index (χ1n) is 8.33. The number of halogens is 1. The molecule has 0 radical (unpaired) electrons. The van der Waals surface area contributed by atoms with Crippen molar-refractivity contribution in [2.45, 2.75) is 25.4 Å². The number of benzene rings is 2. The molecule has 0 spiro atoms. The van der Waals surface area contributed by atoms with E-state index >= 15 is 0 Å². The second kappa shape index (κ2) is 5.88. The van der Waals surface area contributed by atoms with Crippen LogP contribution >= 0.6 is 11.6 Å². The molecule has 0 bridgehead atoms. The number of hydrogen-bond donors (Lipinski definition) is 0. The van der Waals surface area contributed by atoms with Gasteiger partial charge in [0.1, 0.15) is 5.75 Å². The second-order valence-corrected chi connectivity index (χ2v) is 6.84. The lowest BCUT2D eigenvalue weighted by Crippen LogP contribution is -2.62. The number of Topliss-reactive ketones (excluding diaryl/α,β-unsaturated/α-hetero) is 1. The molecule has 0 unspecified atom stereocenters. The molecule has 1 aliphatic heterocycles. The van der Waals surface area contributed by atoms with Crippen molar-refractivity contribution < 1.29 is 19.1 Å². The van der Waals surface area contributed by atoms with Crippen molar-refractivity contribution >= 4 is 23.4 Å². The van der Waals surface area contributed by atoms with E-state index in [1.54, 1.807) is 31.2 Å². The summed E-state index contributed by atoms with van der Waals surface area (Å²) < 4.78 is 11.3. The number of rotatable bonds is 2. The summed E-state index contributed by atoms with van der Waals surface area (Å²) in [7, 11) is 0. The van der Waals surface area contributed by atoms with Gasteiger partial charge in [-0.1, -0.05) is 35.9 Å². The van der Waals surface area contributed by atoms with Crippen LogP contribution in [0.1, 0.15) is 28.4 Å². The van der Waals surface area contributed by atoms with E-state index in [4.69, 9.17) is 21.1 Å². The van der Waals surface area contributed by atoms with E-state index in [0.717, 1.165) is 11.1 Å². The van der Waals surface area contributed by atoms with Gasteiger partial charge in [-0.2, -0.15) is 0 Å². The summed E-state index contributed by atoms with van der Waals surface area (Å²) in [6, 6.07) is 12.6. The van der Waals surface area contributed by atoms with E-state index in [2.05, 4.69) is 0 Å². The predicted molar refractivity (Wildman–Crippen MR) is 93.1 cm³/mol. The Morgan fingerprint density at radius 2 is 2.00 bits per heavy atom. The first kappa shape index (κ1) is 16.2. The Bertz CT molecular complexity index is 876. The lowest BCUT2D eigenvalue weighted by atomic mass is 9.67. The van der Waals surface area contributed by atoms with Crippen molar-refractivity contribution in [3.63, 3.8) is 0 Å². The summed E-state index contributed by atoms with van der Waals surface area (Å²) >= 11 is 6.09. The van der Waals surface area contributed by atoms with Crippen LogP contribution in [-0.2, 0) is 22.4 Å². The molecule has 2 aromatic carbocycles. The van der Waals surface area contributed by atoms with Gasteiger partial charge in [-0.05, 0) is 49.1 Å². The van der Waals surface area contributed by atoms with Crippen LogP contribution in [0, 0.1) is 5.92 Å². The first-order chi connectivity index (χ1) is 12.1. The third-order valence-corrected chi connectivity index (χ3v) is 5.21. The van der Waals surface area contributed by atoms with Gasteiger partial charge < -0.3 is 9.47 Å². The fourth-order valence-corrected chi connectivity index (χ4v) is 4.04. The largest absolute Gasteiger partial charge is 0.467 e. The summed E-state index contributed by atoms with van der Waals surface area (Å²) in [5, 5.41) is 0.605. The molecule has 25 heavy (non-hydrogen) atoms. The highest BCUT2D eigenvalue weighted by atomic mass is 35.5. The molecule has 4 nitrogen and oxygen atoms in total. The zero-order valence-corrected chi connectivity index (χ0v) is 14.5. The predicted octanol–water partition coefficient (Wildman–Crippen LogP) is 3.63. The summed E-state index contributed by atoms with van der Waals surface area (Å²) in [5.74, 6) is -0.736. The summed E-state index contributed by atoms with van der Waals surface area (Å²) in [6.07, 6.45) is 1.11. The van der Waals surface area contributed by atoms with Crippen molar-refractivity contribution in [2.24, 2.45) is 5.92 Å². The Hall–Kier alpha value is -2.33. The quantitative estimate of drug-likeness (QED) is 0.609. The van der Waals surface area contributed by atoms with E-state index in [9.17, 15) is 9.59 Å². The number of ether oxygens (including phenoxy) is 2. The molecule has 0 fully saturated rings. The van der Waals surface area contributed by atoms with Gasteiger partial charge in [0.25, 0.3) is 5.60 Å². The monoisotopic (exact) mass is 356 g/mol. The van der Waals surface area contributed by atoms with E-state index in [1.807, 2.05) is 18.2 Å². The van der Waals surface area contributed by atoms with Crippen LogP contribution in [0.15, 0.2) is 42.5 Å². The molecule has 2 aliphatic rings. The second-order valence-electron chi connectivity index (χ2n) is 6.40. The van der Waals surface area contributed by atoms with Crippen molar-refractivity contribution in [1.29, 1.82) is 0 Å². The third-order valence-electron chi connectivity index (χ3n) is 4.98. The molecular weight excluding hydrogens is 340 g/mol. The van der Waals surface area contributed by atoms with Crippen molar-refractivity contribution in [1.82, 2.24) is 0 Å². The molecule has 4 rings (SSSR count). The highest BCUT2D eigenvalue weighted by Crippen LogP contribution is 2.45. The molecule has 0 saturated heterocycles. The maximum Gasteiger partial charge on any atom is 0.359 e. The standard InChI is InChI=1S/C20H17ClO4/c1-2-24-19(23)20-14(9-12-5-3-4-6-16(12)18(20)22)10-13-11-15(21)7-8-17(13)25-20/h3-8,11,14H,2,9-10H2,1H3/t14-,20-/m1/s1. The van der Waals surface area contributed by atoms with Gasteiger partial charge in [-0.3, -0.25) is 4.79 Å². The van der Waals surface area contributed by atoms with Crippen molar-refractivity contribution in [2.75, 3.05) is 6.61 Å². The SMILES string of the molecule is CCOC(=O)[C@@]12Oc3ccc(Cl)cc3C[C@H]1Cc1ccccc1C2=O. The molecule has 128 valence electrons. The fourth-order valence-electron chi connectivity index (χ4n) is 3.85. The van der Waals surface area contributed by atoms with Crippen LogP contribution in [-0.4, -0.2) is 24.0 Å². The summed E-state index contributed by atoms with van der Waals surface area (Å²) in [5.41, 5.74) is 0.755. The van der Waals surface area contributed by atoms with Gasteiger partial charge in [0.15, 0.2) is 0 Å². The average Bonchev–Trinajstić information content (AvgIpc) is 2.61. The summed E-state index contributed by atoms with van der Waals surface area (Å²) in [4.78, 5) is 26.2.